The van der Waals surface area contributed by atoms with E-state index in [9.17, 15) is 4.79 Å². The number of amides is 1. The smallest absolute Gasteiger partial charge is 0.410 e. The Morgan fingerprint density at radius 2 is 2.00 bits per heavy atom. The molecule has 0 aliphatic carbocycles. The molecule has 116 valence electrons. The summed E-state index contributed by atoms with van der Waals surface area (Å²) in [5.74, 6) is 0. The Labute approximate surface area is 127 Å². The molecule has 0 bridgehead atoms. The summed E-state index contributed by atoms with van der Waals surface area (Å²) in [6.07, 6.45) is 1.87. The Morgan fingerprint density at radius 3 is 2.62 bits per heavy atom. The van der Waals surface area contributed by atoms with Crippen molar-refractivity contribution < 1.29 is 9.53 Å². The minimum absolute atomic E-state index is 0.198. The molecule has 1 amide bonds. The number of rotatable bonds is 3. The first kappa shape index (κ1) is 15.7. The van der Waals surface area contributed by atoms with E-state index in [0.717, 1.165) is 31.6 Å². The summed E-state index contributed by atoms with van der Waals surface area (Å²) in [5.41, 5.74) is 1.91. The molecule has 2 rings (SSSR count). The molecule has 4 nitrogen and oxygen atoms in total. The van der Waals surface area contributed by atoms with E-state index in [4.69, 9.17) is 4.74 Å². The molecule has 1 aliphatic rings. The SMILES string of the molecule is Cc1ccc(NCC2CCCN2C(=O)OC(C)(C)C)cc1. The van der Waals surface area contributed by atoms with E-state index in [1.807, 2.05) is 25.7 Å². The molecule has 0 aromatic heterocycles. The minimum atomic E-state index is -0.436. The maximum Gasteiger partial charge on any atom is 0.410 e. The summed E-state index contributed by atoms with van der Waals surface area (Å²) < 4.78 is 5.48. The highest BCUT2D eigenvalue weighted by atomic mass is 16.6. The van der Waals surface area contributed by atoms with Crippen molar-refractivity contribution in [1.82, 2.24) is 4.90 Å². The van der Waals surface area contributed by atoms with E-state index in [1.54, 1.807) is 0 Å². The van der Waals surface area contributed by atoms with Crippen LogP contribution in [0.2, 0.25) is 0 Å². The molecule has 1 heterocycles. The second-order valence-electron chi connectivity index (χ2n) is 6.72. The number of aryl methyl sites for hydroxylation is 1. The van der Waals surface area contributed by atoms with Gasteiger partial charge in [0, 0.05) is 18.8 Å². The maximum atomic E-state index is 12.2. The van der Waals surface area contributed by atoms with Gasteiger partial charge in [0.15, 0.2) is 0 Å². The molecule has 1 atom stereocenters. The predicted octanol–water partition coefficient (Wildman–Crippen LogP) is 3.81. The molecule has 0 saturated carbocycles. The van der Waals surface area contributed by atoms with Crippen LogP contribution in [0.1, 0.15) is 39.2 Å². The van der Waals surface area contributed by atoms with Crippen molar-refractivity contribution in [3.05, 3.63) is 29.8 Å². The van der Waals surface area contributed by atoms with E-state index in [1.165, 1.54) is 5.56 Å². The lowest BCUT2D eigenvalue weighted by atomic mass is 10.2. The third-order valence-corrected chi connectivity index (χ3v) is 3.60. The fraction of sp³-hybridized carbons (Fsp3) is 0.588. The summed E-state index contributed by atoms with van der Waals surface area (Å²) in [7, 11) is 0. The molecular weight excluding hydrogens is 264 g/mol. The van der Waals surface area contributed by atoms with E-state index >= 15 is 0 Å². The van der Waals surface area contributed by atoms with Gasteiger partial charge in [0.05, 0.1) is 6.04 Å². The van der Waals surface area contributed by atoms with Gasteiger partial charge in [-0.25, -0.2) is 4.79 Å². The molecule has 1 aromatic carbocycles. The van der Waals surface area contributed by atoms with Gasteiger partial charge in [0.2, 0.25) is 0 Å². The Kier molecular flexibility index (Phi) is 4.76. The number of carbonyl (C=O) groups excluding carboxylic acids is 1. The van der Waals surface area contributed by atoms with Crippen LogP contribution < -0.4 is 5.32 Å². The number of hydrogen-bond acceptors (Lipinski definition) is 3. The van der Waals surface area contributed by atoms with Gasteiger partial charge in [-0.05, 0) is 52.7 Å². The number of nitrogens with zero attached hydrogens (tertiary/aromatic N) is 1. The molecule has 1 saturated heterocycles. The molecule has 1 unspecified atom stereocenters. The van der Waals surface area contributed by atoms with Crippen LogP contribution in [0.5, 0.6) is 0 Å². The summed E-state index contributed by atoms with van der Waals surface area (Å²) in [6, 6.07) is 8.52. The summed E-state index contributed by atoms with van der Waals surface area (Å²) in [4.78, 5) is 14.1. The van der Waals surface area contributed by atoms with Crippen molar-refractivity contribution in [1.29, 1.82) is 0 Å². The fourth-order valence-corrected chi connectivity index (χ4v) is 2.52. The molecule has 0 spiro atoms. The predicted molar refractivity (Wildman–Crippen MR) is 85.6 cm³/mol. The molecular formula is C17H26N2O2. The van der Waals surface area contributed by atoms with E-state index < -0.39 is 5.60 Å². The Morgan fingerprint density at radius 1 is 1.33 bits per heavy atom. The zero-order chi connectivity index (χ0) is 15.5. The monoisotopic (exact) mass is 290 g/mol. The van der Waals surface area contributed by atoms with Crippen molar-refractivity contribution >= 4 is 11.8 Å². The van der Waals surface area contributed by atoms with E-state index in [-0.39, 0.29) is 12.1 Å². The lowest BCUT2D eigenvalue weighted by Crippen LogP contribution is -2.42. The molecule has 0 radical (unpaired) electrons. The molecule has 1 N–H and O–H groups in total. The van der Waals surface area contributed by atoms with Crippen molar-refractivity contribution in [3.63, 3.8) is 0 Å². The van der Waals surface area contributed by atoms with Crippen LogP contribution in [0.25, 0.3) is 0 Å². The molecule has 1 aromatic rings. The lowest BCUT2D eigenvalue weighted by molar-refractivity contribution is 0.0235. The average molecular weight is 290 g/mol. The first-order chi connectivity index (χ1) is 9.85. The number of ether oxygens (including phenoxy) is 1. The van der Waals surface area contributed by atoms with Crippen molar-refractivity contribution in [2.75, 3.05) is 18.4 Å². The van der Waals surface area contributed by atoms with Gasteiger partial charge >= 0.3 is 6.09 Å². The summed E-state index contributed by atoms with van der Waals surface area (Å²) in [5, 5.41) is 3.41. The molecule has 4 heteroatoms. The van der Waals surface area contributed by atoms with Crippen LogP contribution in [-0.4, -0.2) is 35.7 Å². The van der Waals surface area contributed by atoms with Gasteiger partial charge in [-0.15, -0.1) is 0 Å². The Balaban J connectivity index is 1.90. The second kappa shape index (κ2) is 6.37. The summed E-state index contributed by atoms with van der Waals surface area (Å²) in [6.45, 7) is 9.34. The highest BCUT2D eigenvalue weighted by Crippen LogP contribution is 2.21. The van der Waals surface area contributed by atoms with E-state index in [0.29, 0.717) is 0 Å². The second-order valence-corrected chi connectivity index (χ2v) is 6.72. The first-order valence-electron chi connectivity index (χ1n) is 7.65. The summed E-state index contributed by atoms with van der Waals surface area (Å²) >= 11 is 0. The topological polar surface area (TPSA) is 41.6 Å². The number of hydrogen-bond donors (Lipinski definition) is 1. The number of carbonyl (C=O) groups is 1. The third-order valence-electron chi connectivity index (χ3n) is 3.60. The number of nitrogens with one attached hydrogen (secondary N) is 1. The van der Waals surface area contributed by atoms with Crippen LogP contribution in [0.3, 0.4) is 0 Å². The number of benzene rings is 1. The zero-order valence-corrected chi connectivity index (χ0v) is 13.5. The van der Waals surface area contributed by atoms with Gasteiger partial charge in [-0.2, -0.15) is 0 Å². The van der Waals surface area contributed by atoms with Gasteiger partial charge < -0.3 is 15.0 Å². The van der Waals surface area contributed by atoms with Crippen LogP contribution in [0, 0.1) is 6.92 Å². The van der Waals surface area contributed by atoms with Gasteiger partial charge in [-0.1, -0.05) is 17.7 Å². The lowest BCUT2D eigenvalue weighted by Gasteiger charge is -2.29. The normalized spacial score (nSPS) is 18.7. The van der Waals surface area contributed by atoms with Crippen molar-refractivity contribution in [2.24, 2.45) is 0 Å². The average Bonchev–Trinajstić information content (AvgIpc) is 2.84. The molecule has 1 fully saturated rings. The van der Waals surface area contributed by atoms with Crippen LogP contribution in [-0.2, 0) is 4.74 Å². The first-order valence-corrected chi connectivity index (χ1v) is 7.65. The van der Waals surface area contributed by atoms with Gasteiger partial charge in [0.1, 0.15) is 5.60 Å². The highest BCUT2D eigenvalue weighted by Gasteiger charge is 2.31. The van der Waals surface area contributed by atoms with Gasteiger partial charge in [0.25, 0.3) is 0 Å². The standard InChI is InChI=1S/C17H26N2O2/c1-13-7-9-14(10-8-13)18-12-15-6-5-11-19(15)16(20)21-17(2,3)4/h7-10,15,18H,5-6,11-12H2,1-4H3. The van der Waals surface area contributed by atoms with Gasteiger partial charge in [-0.3, -0.25) is 0 Å². The fourth-order valence-electron chi connectivity index (χ4n) is 2.52. The maximum absolute atomic E-state index is 12.2. The third kappa shape index (κ3) is 4.66. The number of likely N-dealkylation sites (tertiary alicyclic amines) is 1. The van der Waals surface area contributed by atoms with Crippen molar-refractivity contribution in [2.45, 2.75) is 52.2 Å². The zero-order valence-electron chi connectivity index (χ0n) is 13.5. The van der Waals surface area contributed by atoms with Crippen molar-refractivity contribution in [3.8, 4) is 0 Å². The van der Waals surface area contributed by atoms with Crippen LogP contribution in [0.15, 0.2) is 24.3 Å². The van der Waals surface area contributed by atoms with Crippen LogP contribution in [0.4, 0.5) is 10.5 Å². The largest absolute Gasteiger partial charge is 0.444 e. The quantitative estimate of drug-likeness (QED) is 0.920. The number of anilines is 1. The minimum Gasteiger partial charge on any atom is -0.444 e. The van der Waals surface area contributed by atoms with Crippen LogP contribution >= 0.6 is 0 Å². The van der Waals surface area contributed by atoms with E-state index in [2.05, 4.69) is 36.5 Å². The molecule has 1 aliphatic heterocycles. The highest BCUT2D eigenvalue weighted by molar-refractivity contribution is 5.69. The molecule has 21 heavy (non-hydrogen) atoms. The Bertz CT molecular complexity index is 477. The Hall–Kier alpha value is -1.71.